The number of hydrogen-bond donors (Lipinski definition) is 0. The average molecular weight is 338 g/mol. The molecule has 0 radical (unpaired) electrons. The molecule has 0 aliphatic rings. The lowest BCUT2D eigenvalue weighted by molar-refractivity contribution is -0.144. The van der Waals surface area contributed by atoms with E-state index in [0.717, 1.165) is 10.7 Å². The predicted molar refractivity (Wildman–Crippen MR) is 81.1 cm³/mol. The molecular weight excluding hydrogens is 321 g/mol. The van der Waals surface area contributed by atoms with Crippen LogP contribution in [0.5, 0.6) is 0 Å². The zero-order valence-corrected chi connectivity index (χ0v) is 13.3. The normalized spacial score (nSPS) is 13.4. The molecule has 0 aliphatic heterocycles. The molecule has 5 nitrogen and oxygen atoms in total. The smallest absolute Gasteiger partial charge is 0.433 e. The topological polar surface area (TPSA) is 48.8 Å². The molecule has 0 fully saturated rings. The first kappa shape index (κ1) is 16.4. The van der Waals surface area contributed by atoms with E-state index in [9.17, 15) is 13.2 Å². The molecule has 128 valence electrons. The Bertz CT molecular complexity index is 802. The van der Waals surface area contributed by atoms with Gasteiger partial charge in [0.1, 0.15) is 5.69 Å². The molecule has 0 saturated carbocycles. The van der Waals surface area contributed by atoms with Gasteiger partial charge in [-0.3, -0.25) is 4.68 Å². The largest absolute Gasteiger partial charge is 0.461 e. The van der Waals surface area contributed by atoms with Crippen molar-refractivity contribution in [3.63, 3.8) is 0 Å². The number of aryl methyl sites for hydroxylation is 1. The maximum atomic E-state index is 13.1. The Balaban J connectivity index is 1.76. The average Bonchev–Trinajstić information content (AvgIpc) is 3.17. The summed E-state index contributed by atoms with van der Waals surface area (Å²) in [7, 11) is 0. The minimum Gasteiger partial charge on any atom is -0.461 e. The highest BCUT2D eigenvalue weighted by atomic mass is 19.4. The Hall–Kier alpha value is -2.51. The Labute approximate surface area is 136 Å². The van der Waals surface area contributed by atoms with E-state index in [4.69, 9.17) is 4.42 Å². The van der Waals surface area contributed by atoms with Gasteiger partial charge in [-0.1, -0.05) is 6.92 Å². The van der Waals surface area contributed by atoms with E-state index in [2.05, 4.69) is 10.1 Å². The summed E-state index contributed by atoms with van der Waals surface area (Å²) in [5, 5.41) is 3.97. The van der Waals surface area contributed by atoms with Gasteiger partial charge in [-0.25, -0.2) is 4.98 Å². The number of nitrogens with zero attached hydrogens (tertiary/aromatic N) is 4. The summed E-state index contributed by atoms with van der Waals surface area (Å²) in [5.74, 6) is 1.20. The minimum absolute atomic E-state index is 0.0756. The second-order valence-electron chi connectivity index (χ2n) is 5.84. The summed E-state index contributed by atoms with van der Waals surface area (Å²) < 4.78 is 47.4. The Morgan fingerprint density at radius 2 is 2.08 bits per heavy atom. The van der Waals surface area contributed by atoms with Crippen LogP contribution in [0.25, 0.3) is 11.6 Å². The van der Waals surface area contributed by atoms with E-state index in [1.165, 1.54) is 0 Å². The summed E-state index contributed by atoms with van der Waals surface area (Å²) in [6.45, 7) is 4.11. The standard InChI is InChI=1S/C16H17F3N4O/c1-11(10-23-14(16(17,18)19)8-12(2)21-23)9-22-6-5-20-15(22)13-4-3-7-24-13/h3-8,11H,9-10H2,1-2H3/t11-/m0/s1. The number of alkyl halides is 3. The minimum atomic E-state index is -4.41. The van der Waals surface area contributed by atoms with Crippen LogP contribution in [0, 0.1) is 12.8 Å². The maximum Gasteiger partial charge on any atom is 0.433 e. The van der Waals surface area contributed by atoms with Crippen LogP contribution < -0.4 is 0 Å². The van der Waals surface area contributed by atoms with Crippen molar-refractivity contribution in [3.05, 3.63) is 48.2 Å². The monoisotopic (exact) mass is 338 g/mol. The first-order chi connectivity index (χ1) is 11.3. The molecule has 3 heterocycles. The first-order valence-corrected chi connectivity index (χ1v) is 7.51. The van der Waals surface area contributed by atoms with Gasteiger partial charge < -0.3 is 8.98 Å². The summed E-state index contributed by atoms with van der Waals surface area (Å²) >= 11 is 0. The van der Waals surface area contributed by atoms with Gasteiger partial charge in [0.05, 0.1) is 12.0 Å². The van der Waals surface area contributed by atoms with Crippen LogP contribution in [0.3, 0.4) is 0 Å². The van der Waals surface area contributed by atoms with E-state index in [0.29, 0.717) is 23.8 Å². The summed E-state index contributed by atoms with van der Waals surface area (Å²) in [6.07, 6.45) is 0.576. The molecule has 0 N–H and O–H groups in total. The molecule has 3 aromatic rings. The lowest BCUT2D eigenvalue weighted by atomic mass is 10.1. The first-order valence-electron chi connectivity index (χ1n) is 7.51. The van der Waals surface area contributed by atoms with Gasteiger partial charge in [-0.2, -0.15) is 18.3 Å². The molecule has 1 atom stereocenters. The highest BCUT2D eigenvalue weighted by Crippen LogP contribution is 2.30. The fraction of sp³-hybridized carbons (Fsp3) is 0.375. The number of furan rings is 1. The summed E-state index contributed by atoms with van der Waals surface area (Å²) in [4.78, 5) is 4.25. The van der Waals surface area contributed by atoms with Crippen LogP contribution in [0.2, 0.25) is 0 Å². The van der Waals surface area contributed by atoms with Crippen molar-refractivity contribution in [3.8, 4) is 11.6 Å². The van der Waals surface area contributed by atoms with Crippen LogP contribution in [-0.2, 0) is 19.3 Å². The number of hydrogen-bond acceptors (Lipinski definition) is 3. The summed E-state index contributed by atoms with van der Waals surface area (Å²) in [5.41, 5.74) is -0.364. The highest BCUT2D eigenvalue weighted by molar-refractivity contribution is 5.46. The Morgan fingerprint density at radius 1 is 1.29 bits per heavy atom. The quantitative estimate of drug-likeness (QED) is 0.706. The lowest BCUT2D eigenvalue weighted by Gasteiger charge is -2.16. The molecular formula is C16H17F3N4O. The van der Waals surface area contributed by atoms with Crippen molar-refractivity contribution in [1.82, 2.24) is 19.3 Å². The van der Waals surface area contributed by atoms with Crippen molar-refractivity contribution in [2.75, 3.05) is 0 Å². The third-order valence-corrected chi connectivity index (χ3v) is 3.64. The van der Waals surface area contributed by atoms with E-state index in [1.807, 2.05) is 11.5 Å². The van der Waals surface area contributed by atoms with Gasteiger partial charge in [0.15, 0.2) is 11.6 Å². The zero-order valence-electron chi connectivity index (χ0n) is 13.3. The fourth-order valence-corrected chi connectivity index (χ4v) is 2.69. The molecule has 0 bridgehead atoms. The van der Waals surface area contributed by atoms with Crippen LogP contribution in [0.1, 0.15) is 18.3 Å². The van der Waals surface area contributed by atoms with Crippen LogP contribution in [0.15, 0.2) is 41.3 Å². The molecule has 3 aromatic heterocycles. The van der Waals surface area contributed by atoms with Crippen molar-refractivity contribution >= 4 is 0 Å². The van der Waals surface area contributed by atoms with Gasteiger partial charge in [-0.05, 0) is 31.0 Å². The number of rotatable bonds is 5. The number of aromatic nitrogens is 4. The highest BCUT2D eigenvalue weighted by Gasteiger charge is 2.35. The van der Waals surface area contributed by atoms with E-state index in [1.54, 1.807) is 37.7 Å². The second kappa shape index (κ2) is 6.18. The van der Waals surface area contributed by atoms with Crippen molar-refractivity contribution in [2.24, 2.45) is 5.92 Å². The van der Waals surface area contributed by atoms with Crippen molar-refractivity contribution in [1.29, 1.82) is 0 Å². The Morgan fingerprint density at radius 3 is 2.75 bits per heavy atom. The second-order valence-corrected chi connectivity index (χ2v) is 5.84. The molecule has 0 aliphatic carbocycles. The Kier molecular flexibility index (Phi) is 4.21. The van der Waals surface area contributed by atoms with Gasteiger partial charge >= 0.3 is 6.18 Å². The van der Waals surface area contributed by atoms with E-state index in [-0.39, 0.29) is 12.5 Å². The van der Waals surface area contributed by atoms with Gasteiger partial charge in [0.2, 0.25) is 0 Å². The molecule has 3 rings (SSSR count). The van der Waals surface area contributed by atoms with Crippen molar-refractivity contribution in [2.45, 2.75) is 33.1 Å². The van der Waals surface area contributed by atoms with Crippen LogP contribution in [-0.4, -0.2) is 19.3 Å². The molecule has 24 heavy (non-hydrogen) atoms. The lowest BCUT2D eigenvalue weighted by Crippen LogP contribution is -2.20. The molecule has 0 amide bonds. The van der Waals surface area contributed by atoms with Gasteiger partial charge in [0.25, 0.3) is 0 Å². The third kappa shape index (κ3) is 3.37. The van der Waals surface area contributed by atoms with Crippen LogP contribution >= 0.6 is 0 Å². The molecule has 0 spiro atoms. The van der Waals surface area contributed by atoms with Crippen molar-refractivity contribution < 1.29 is 17.6 Å². The number of imidazole rings is 1. The predicted octanol–water partition coefficient (Wildman–Crippen LogP) is 4.00. The number of halogens is 3. The van der Waals surface area contributed by atoms with Gasteiger partial charge in [0, 0.05) is 25.5 Å². The summed E-state index contributed by atoms with van der Waals surface area (Å²) in [6, 6.07) is 4.63. The van der Waals surface area contributed by atoms with Crippen LogP contribution in [0.4, 0.5) is 13.2 Å². The van der Waals surface area contributed by atoms with Gasteiger partial charge in [-0.15, -0.1) is 0 Å². The molecule has 0 unspecified atom stereocenters. The fourth-order valence-electron chi connectivity index (χ4n) is 2.69. The third-order valence-electron chi connectivity index (χ3n) is 3.64. The van der Waals surface area contributed by atoms with E-state index >= 15 is 0 Å². The SMILES string of the molecule is Cc1cc(C(F)(F)F)n(C[C@@H](C)Cn2ccnc2-c2ccco2)n1. The molecule has 0 aromatic carbocycles. The zero-order chi connectivity index (χ0) is 17.3. The maximum absolute atomic E-state index is 13.1. The van der Waals surface area contributed by atoms with E-state index < -0.39 is 11.9 Å². The molecule has 0 saturated heterocycles. The molecule has 8 heteroatoms.